The molecule has 0 aliphatic carbocycles. The number of rotatable bonds is 4. The Morgan fingerprint density at radius 3 is 2.62 bits per heavy atom. The zero-order valence-electron chi connectivity index (χ0n) is 15.6. The molecule has 134 valence electrons. The molecule has 4 nitrogen and oxygen atoms in total. The van der Waals surface area contributed by atoms with Crippen molar-refractivity contribution in [1.29, 1.82) is 0 Å². The van der Waals surface area contributed by atoms with Crippen molar-refractivity contribution in [2.75, 3.05) is 6.54 Å². The molecular weight excluding hydrogens is 322 g/mol. The molecule has 0 radical (unpaired) electrons. The second-order valence-corrected chi connectivity index (χ2v) is 7.28. The van der Waals surface area contributed by atoms with Crippen LogP contribution in [0.2, 0.25) is 0 Å². The average molecular weight is 347 g/mol. The summed E-state index contributed by atoms with van der Waals surface area (Å²) in [6.07, 6.45) is 2.22. The highest BCUT2D eigenvalue weighted by atomic mass is 16.3. The number of hydrogen-bond acceptors (Lipinski definition) is 4. The van der Waals surface area contributed by atoms with Gasteiger partial charge in [0.2, 0.25) is 5.89 Å². The molecule has 1 aromatic heterocycles. The minimum absolute atomic E-state index is 0.500. The third-order valence-electron chi connectivity index (χ3n) is 5.19. The molecule has 0 spiro atoms. The fourth-order valence-electron chi connectivity index (χ4n) is 3.52. The van der Waals surface area contributed by atoms with Gasteiger partial charge in [0.25, 0.3) is 0 Å². The molecule has 0 fully saturated rings. The highest BCUT2D eigenvalue weighted by Gasteiger charge is 2.20. The highest BCUT2D eigenvalue weighted by molar-refractivity contribution is 6.04. The molecule has 0 bridgehead atoms. The predicted molar refractivity (Wildman–Crippen MR) is 106 cm³/mol. The molecule has 4 heteroatoms. The molecule has 1 aliphatic heterocycles. The van der Waals surface area contributed by atoms with Gasteiger partial charge in [0.15, 0.2) is 5.58 Å². The molecule has 0 saturated carbocycles. The van der Waals surface area contributed by atoms with Crippen molar-refractivity contribution in [1.82, 2.24) is 10.4 Å². The van der Waals surface area contributed by atoms with Crippen LogP contribution in [-0.4, -0.2) is 17.2 Å². The second kappa shape index (κ2) is 6.94. The quantitative estimate of drug-likeness (QED) is 0.693. The van der Waals surface area contributed by atoms with Crippen molar-refractivity contribution in [3.05, 3.63) is 53.6 Å². The van der Waals surface area contributed by atoms with Crippen LogP contribution in [0.1, 0.15) is 50.7 Å². The summed E-state index contributed by atoms with van der Waals surface area (Å²) in [5, 5.41) is 4.55. The van der Waals surface area contributed by atoms with Crippen LogP contribution in [0.4, 0.5) is 0 Å². The topological polar surface area (TPSA) is 50.4 Å². The van der Waals surface area contributed by atoms with Crippen molar-refractivity contribution in [3.8, 4) is 11.5 Å². The maximum atomic E-state index is 6.07. The van der Waals surface area contributed by atoms with Crippen LogP contribution < -0.4 is 5.43 Å². The molecule has 2 aromatic carbocycles. The summed E-state index contributed by atoms with van der Waals surface area (Å²) < 4.78 is 6.07. The highest BCUT2D eigenvalue weighted by Crippen LogP contribution is 2.28. The van der Waals surface area contributed by atoms with E-state index in [1.54, 1.807) is 0 Å². The molecule has 1 N–H and O–H groups in total. The summed E-state index contributed by atoms with van der Waals surface area (Å²) in [4.78, 5) is 4.66. The first-order valence-corrected chi connectivity index (χ1v) is 9.47. The molecule has 1 aliphatic rings. The fraction of sp³-hybridized carbons (Fsp3) is 0.364. The van der Waals surface area contributed by atoms with Gasteiger partial charge in [0.1, 0.15) is 5.52 Å². The molecule has 26 heavy (non-hydrogen) atoms. The van der Waals surface area contributed by atoms with Gasteiger partial charge in [-0.05, 0) is 48.6 Å². The van der Waals surface area contributed by atoms with Gasteiger partial charge in [-0.15, -0.1) is 0 Å². The monoisotopic (exact) mass is 347 g/mol. The first kappa shape index (κ1) is 16.8. The SMILES string of the molecule is CCC1CCNN=C1c1ccc2nc(-c3ccc(C(C)C)cc3)oc2c1. The molecule has 3 aromatic rings. The Morgan fingerprint density at radius 1 is 1.12 bits per heavy atom. The van der Waals surface area contributed by atoms with E-state index in [0.29, 0.717) is 17.7 Å². The second-order valence-electron chi connectivity index (χ2n) is 7.28. The zero-order chi connectivity index (χ0) is 18.1. The van der Waals surface area contributed by atoms with Crippen LogP contribution in [0.25, 0.3) is 22.6 Å². The van der Waals surface area contributed by atoms with Crippen molar-refractivity contribution in [3.63, 3.8) is 0 Å². The molecule has 1 atom stereocenters. The molecule has 2 heterocycles. The lowest BCUT2D eigenvalue weighted by atomic mass is 9.90. The number of hydrogen-bond donors (Lipinski definition) is 1. The lowest BCUT2D eigenvalue weighted by molar-refractivity contribution is 0.529. The lowest BCUT2D eigenvalue weighted by Gasteiger charge is -2.22. The summed E-state index contributed by atoms with van der Waals surface area (Å²) in [6, 6.07) is 14.7. The molecule has 0 saturated heterocycles. The smallest absolute Gasteiger partial charge is 0.227 e. The molecular formula is C22H25N3O. The lowest BCUT2D eigenvalue weighted by Crippen LogP contribution is -2.28. The van der Waals surface area contributed by atoms with Gasteiger partial charge in [-0.2, -0.15) is 5.10 Å². The minimum atomic E-state index is 0.500. The summed E-state index contributed by atoms with van der Waals surface area (Å²) in [6.45, 7) is 7.56. The predicted octanol–water partition coefficient (Wildman–Crippen LogP) is 5.34. The summed E-state index contributed by atoms with van der Waals surface area (Å²) in [7, 11) is 0. The maximum Gasteiger partial charge on any atom is 0.227 e. The van der Waals surface area contributed by atoms with Gasteiger partial charge < -0.3 is 9.84 Å². The van der Waals surface area contributed by atoms with Gasteiger partial charge in [0.05, 0.1) is 5.71 Å². The average Bonchev–Trinajstić information content (AvgIpc) is 3.11. The Kier molecular flexibility index (Phi) is 4.49. The standard InChI is InChI=1S/C22H25N3O/c1-4-15-11-12-23-25-21(15)18-9-10-19-20(13-18)26-22(24-19)17-7-5-16(6-8-17)14(2)3/h5-10,13-15,23H,4,11-12H2,1-3H3. The van der Waals surface area contributed by atoms with E-state index in [0.717, 1.165) is 47.3 Å². The number of aromatic nitrogens is 1. The van der Waals surface area contributed by atoms with Crippen molar-refractivity contribution in [2.45, 2.75) is 39.5 Å². The number of benzene rings is 2. The molecule has 1 unspecified atom stereocenters. The van der Waals surface area contributed by atoms with E-state index in [2.05, 4.69) is 72.7 Å². The fourth-order valence-corrected chi connectivity index (χ4v) is 3.52. The Balaban J connectivity index is 1.68. The van der Waals surface area contributed by atoms with Crippen LogP contribution >= 0.6 is 0 Å². The first-order valence-electron chi connectivity index (χ1n) is 9.47. The number of nitrogens with one attached hydrogen (secondary N) is 1. The minimum Gasteiger partial charge on any atom is -0.436 e. The largest absolute Gasteiger partial charge is 0.436 e. The normalized spacial score (nSPS) is 17.4. The van der Waals surface area contributed by atoms with Crippen LogP contribution in [0.3, 0.4) is 0 Å². The van der Waals surface area contributed by atoms with Crippen LogP contribution in [0.15, 0.2) is 52.0 Å². The van der Waals surface area contributed by atoms with E-state index in [9.17, 15) is 0 Å². The Bertz CT molecular complexity index is 938. The van der Waals surface area contributed by atoms with Crippen LogP contribution in [0, 0.1) is 5.92 Å². The van der Waals surface area contributed by atoms with Crippen LogP contribution in [-0.2, 0) is 0 Å². The van der Waals surface area contributed by atoms with E-state index < -0.39 is 0 Å². The van der Waals surface area contributed by atoms with Gasteiger partial charge in [-0.25, -0.2) is 4.98 Å². The Hall–Kier alpha value is -2.62. The van der Waals surface area contributed by atoms with Crippen molar-refractivity contribution in [2.24, 2.45) is 11.0 Å². The van der Waals surface area contributed by atoms with Gasteiger partial charge in [0, 0.05) is 23.6 Å². The Morgan fingerprint density at radius 2 is 1.88 bits per heavy atom. The van der Waals surface area contributed by atoms with Gasteiger partial charge in [-0.1, -0.05) is 39.0 Å². The number of nitrogens with zero attached hydrogens (tertiary/aromatic N) is 2. The zero-order valence-corrected chi connectivity index (χ0v) is 15.6. The summed E-state index contributed by atoms with van der Waals surface area (Å²) in [5.41, 5.74) is 9.40. The van der Waals surface area contributed by atoms with Gasteiger partial charge >= 0.3 is 0 Å². The first-order chi connectivity index (χ1) is 12.7. The van der Waals surface area contributed by atoms with Crippen molar-refractivity contribution < 1.29 is 4.42 Å². The van der Waals surface area contributed by atoms with Crippen molar-refractivity contribution >= 4 is 16.8 Å². The van der Waals surface area contributed by atoms with E-state index in [-0.39, 0.29) is 0 Å². The maximum absolute atomic E-state index is 6.07. The van der Waals surface area contributed by atoms with E-state index >= 15 is 0 Å². The molecule has 4 rings (SSSR count). The number of fused-ring (bicyclic) bond motifs is 1. The van der Waals surface area contributed by atoms with Gasteiger partial charge in [-0.3, -0.25) is 0 Å². The number of hydrazone groups is 1. The number of oxazole rings is 1. The molecule has 0 amide bonds. The van der Waals surface area contributed by atoms with Crippen LogP contribution in [0.5, 0.6) is 0 Å². The third kappa shape index (κ3) is 3.12. The van der Waals surface area contributed by atoms with E-state index in [1.807, 2.05) is 6.07 Å². The summed E-state index contributed by atoms with van der Waals surface area (Å²) >= 11 is 0. The van der Waals surface area contributed by atoms with E-state index in [4.69, 9.17) is 4.42 Å². The van der Waals surface area contributed by atoms with E-state index in [1.165, 1.54) is 5.56 Å². The Labute approximate surface area is 154 Å². The summed E-state index contributed by atoms with van der Waals surface area (Å²) in [5.74, 6) is 1.69. The third-order valence-corrected chi connectivity index (χ3v) is 5.19.